The summed E-state index contributed by atoms with van der Waals surface area (Å²) in [6, 6.07) is 4.79. The maximum absolute atomic E-state index is 13.2. The Kier molecular flexibility index (Phi) is 4.84. The number of benzene rings is 1. The van der Waals surface area contributed by atoms with Crippen LogP contribution in [0.15, 0.2) is 28.9 Å². The normalized spacial score (nSPS) is 11.9. The van der Waals surface area contributed by atoms with Crippen LogP contribution in [-0.4, -0.2) is 15.1 Å². The Morgan fingerprint density at radius 2 is 2.05 bits per heavy atom. The Labute approximate surface area is 133 Å². The number of nitrogens with zero attached hydrogens (tertiary/aromatic N) is 2. The van der Waals surface area contributed by atoms with E-state index in [9.17, 15) is 4.39 Å². The fraction of sp³-hybridized carbons (Fsp3) is 0.438. The summed E-state index contributed by atoms with van der Waals surface area (Å²) in [7, 11) is 0. The minimum absolute atomic E-state index is 0.0550. The highest BCUT2D eigenvalue weighted by atomic mass is 79.9. The minimum Gasteiger partial charge on any atom is -0.327 e. The van der Waals surface area contributed by atoms with Crippen molar-refractivity contribution in [2.75, 3.05) is 0 Å². The Balaban J connectivity index is 2.21. The molecule has 0 unspecified atom stereocenters. The highest BCUT2D eigenvalue weighted by Crippen LogP contribution is 2.20. The van der Waals surface area contributed by atoms with Crippen molar-refractivity contribution >= 4 is 15.9 Å². The molecular weight excluding hydrogens is 333 g/mol. The van der Waals surface area contributed by atoms with Crippen molar-refractivity contribution in [2.24, 2.45) is 0 Å². The number of hydrogen-bond acceptors (Lipinski definition) is 2. The molecule has 2 rings (SSSR count). The minimum atomic E-state index is -0.234. The molecule has 0 aliphatic carbocycles. The van der Waals surface area contributed by atoms with Gasteiger partial charge in [0.15, 0.2) is 0 Å². The van der Waals surface area contributed by atoms with Gasteiger partial charge in [-0.25, -0.2) is 9.37 Å². The highest BCUT2D eigenvalue weighted by Gasteiger charge is 2.13. The molecule has 0 aliphatic heterocycles. The van der Waals surface area contributed by atoms with Crippen LogP contribution < -0.4 is 5.32 Å². The summed E-state index contributed by atoms with van der Waals surface area (Å²) in [5.41, 5.74) is 2.22. The first-order valence-electron chi connectivity index (χ1n) is 6.96. The summed E-state index contributed by atoms with van der Waals surface area (Å²) in [5.74, 6) is 0.722. The average Bonchev–Trinajstić information content (AvgIpc) is 2.71. The first-order valence-corrected chi connectivity index (χ1v) is 7.75. The number of aryl methyl sites for hydroxylation is 1. The van der Waals surface area contributed by atoms with Crippen LogP contribution in [0.1, 0.15) is 37.9 Å². The van der Waals surface area contributed by atoms with E-state index in [-0.39, 0.29) is 11.4 Å². The van der Waals surface area contributed by atoms with Crippen molar-refractivity contribution < 1.29 is 4.39 Å². The molecule has 1 aromatic heterocycles. The molecule has 0 fully saturated rings. The van der Waals surface area contributed by atoms with E-state index in [1.165, 1.54) is 12.1 Å². The van der Waals surface area contributed by atoms with Crippen LogP contribution in [0, 0.1) is 12.7 Å². The van der Waals surface area contributed by atoms with Crippen LogP contribution in [-0.2, 0) is 13.1 Å². The standard InChI is InChI=1S/C16H21BrFN3/c1-11-19-8-14(9-20-16(2,3)4)21(11)10-12-5-6-13(18)7-15(12)17/h5-8,20H,9-10H2,1-4H3. The van der Waals surface area contributed by atoms with Gasteiger partial charge < -0.3 is 9.88 Å². The molecule has 0 radical (unpaired) electrons. The molecule has 0 saturated heterocycles. The molecule has 0 saturated carbocycles. The zero-order chi connectivity index (χ0) is 15.6. The van der Waals surface area contributed by atoms with Crippen molar-refractivity contribution in [1.29, 1.82) is 0 Å². The summed E-state index contributed by atoms with van der Waals surface area (Å²) < 4.78 is 16.1. The van der Waals surface area contributed by atoms with Crippen LogP contribution >= 0.6 is 15.9 Å². The van der Waals surface area contributed by atoms with Gasteiger partial charge in [0.1, 0.15) is 11.6 Å². The smallest absolute Gasteiger partial charge is 0.124 e. The van der Waals surface area contributed by atoms with Crippen LogP contribution in [0.2, 0.25) is 0 Å². The molecule has 2 aromatic rings. The van der Waals surface area contributed by atoms with Crippen molar-refractivity contribution in [3.8, 4) is 0 Å². The zero-order valence-corrected chi connectivity index (χ0v) is 14.5. The molecule has 21 heavy (non-hydrogen) atoms. The van der Waals surface area contributed by atoms with Gasteiger partial charge in [0, 0.05) is 22.8 Å². The Morgan fingerprint density at radius 1 is 1.33 bits per heavy atom. The molecule has 1 N–H and O–H groups in total. The maximum atomic E-state index is 13.2. The van der Waals surface area contributed by atoms with Crippen LogP contribution in [0.25, 0.3) is 0 Å². The number of halogens is 2. The molecule has 0 bridgehead atoms. The molecule has 1 aromatic carbocycles. The van der Waals surface area contributed by atoms with E-state index in [0.29, 0.717) is 6.54 Å². The second-order valence-corrected chi connectivity index (χ2v) is 7.08. The molecule has 3 nitrogen and oxygen atoms in total. The van der Waals surface area contributed by atoms with E-state index < -0.39 is 0 Å². The lowest BCUT2D eigenvalue weighted by Gasteiger charge is -2.21. The number of imidazole rings is 1. The van der Waals surface area contributed by atoms with Gasteiger partial charge in [-0.15, -0.1) is 0 Å². The molecule has 1 heterocycles. The molecule has 5 heteroatoms. The molecule has 0 aliphatic rings. The summed E-state index contributed by atoms with van der Waals surface area (Å²) in [6.45, 7) is 9.82. The van der Waals surface area contributed by atoms with E-state index in [4.69, 9.17) is 0 Å². The Bertz CT molecular complexity index is 629. The summed E-state index contributed by atoms with van der Waals surface area (Å²) >= 11 is 3.42. The predicted octanol–water partition coefficient (Wildman–Crippen LogP) is 4.03. The van der Waals surface area contributed by atoms with Gasteiger partial charge in [0.05, 0.1) is 12.2 Å². The molecular formula is C16H21BrFN3. The number of rotatable bonds is 4. The van der Waals surface area contributed by atoms with Gasteiger partial charge in [-0.05, 0) is 45.4 Å². The first kappa shape index (κ1) is 16.2. The van der Waals surface area contributed by atoms with Gasteiger partial charge in [-0.2, -0.15) is 0 Å². The maximum Gasteiger partial charge on any atom is 0.124 e. The van der Waals surface area contributed by atoms with E-state index >= 15 is 0 Å². The fourth-order valence-corrected chi connectivity index (χ4v) is 2.52. The lowest BCUT2D eigenvalue weighted by atomic mass is 10.1. The lowest BCUT2D eigenvalue weighted by Crippen LogP contribution is -2.35. The van der Waals surface area contributed by atoms with Crippen molar-refractivity contribution in [2.45, 2.75) is 46.3 Å². The van der Waals surface area contributed by atoms with Gasteiger partial charge in [0.2, 0.25) is 0 Å². The van der Waals surface area contributed by atoms with Crippen LogP contribution in [0.4, 0.5) is 4.39 Å². The third-order valence-corrected chi connectivity index (χ3v) is 4.02. The second-order valence-electron chi connectivity index (χ2n) is 6.22. The van der Waals surface area contributed by atoms with E-state index in [0.717, 1.165) is 28.1 Å². The summed E-state index contributed by atoms with van der Waals surface area (Å²) in [5, 5.41) is 3.47. The monoisotopic (exact) mass is 353 g/mol. The van der Waals surface area contributed by atoms with Crippen molar-refractivity contribution in [3.63, 3.8) is 0 Å². The zero-order valence-electron chi connectivity index (χ0n) is 12.9. The summed E-state index contributed by atoms with van der Waals surface area (Å²) in [4.78, 5) is 4.39. The van der Waals surface area contributed by atoms with Crippen LogP contribution in [0.5, 0.6) is 0 Å². The quantitative estimate of drug-likeness (QED) is 0.899. The molecule has 114 valence electrons. The topological polar surface area (TPSA) is 29.9 Å². The van der Waals surface area contributed by atoms with Crippen molar-refractivity contribution in [3.05, 3.63) is 51.8 Å². The Hall–Kier alpha value is -1.20. The largest absolute Gasteiger partial charge is 0.327 e. The lowest BCUT2D eigenvalue weighted by molar-refractivity contribution is 0.416. The Morgan fingerprint density at radius 3 is 2.67 bits per heavy atom. The van der Waals surface area contributed by atoms with E-state index in [1.54, 1.807) is 6.07 Å². The van der Waals surface area contributed by atoms with Gasteiger partial charge in [-0.1, -0.05) is 22.0 Å². The SMILES string of the molecule is Cc1ncc(CNC(C)(C)C)n1Cc1ccc(F)cc1Br. The van der Waals surface area contributed by atoms with Crippen LogP contribution in [0.3, 0.4) is 0 Å². The molecule has 0 spiro atoms. The van der Waals surface area contributed by atoms with E-state index in [1.807, 2.05) is 13.1 Å². The average molecular weight is 354 g/mol. The summed E-state index contributed by atoms with van der Waals surface area (Å²) in [6.07, 6.45) is 1.89. The third kappa shape index (κ3) is 4.38. The number of hydrogen-bond donors (Lipinski definition) is 1. The van der Waals surface area contributed by atoms with Gasteiger partial charge in [0.25, 0.3) is 0 Å². The highest BCUT2D eigenvalue weighted by molar-refractivity contribution is 9.10. The second kappa shape index (κ2) is 6.28. The predicted molar refractivity (Wildman–Crippen MR) is 86.8 cm³/mol. The van der Waals surface area contributed by atoms with Gasteiger partial charge in [-0.3, -0.25) is 0 Å². The third-order valence-electron chi connectivity index (χ3n) is 3.28. The molecule has 0 amide bonds. The van der Waals surface area contributed by atoms with E-state index in [2.05, 4.69) is 51.6 Å². The van der Waals surface area contributed by atoms with Crippen molar-refractivity contribution in [1.82, 2.24) is 14.9 Å². The number of nitrogens with one attached hydrogen (secondary N) is 1. The van der Waals surface area contributed by atoms with Gasteiger partial charge >= 0.3 is 0 Å². The fourth-order valence-electron chi connectivity index (χ4n) is 2.05. The molecule has 0 atom stereocenters. The first-order chi connectivity index (χ1) is 9.76. The number of aromatic nitrogens is 2.